The summed E-state index contributed by atoms with van der Waals surface area (Å²) < 4.78 is 5.18. The van der Waals surface area contributed by atoms with Crippen LogP contribution in [-0.2, 0) is 11.2 Å². The molecule has 0 saturated carbocycles. The van der Waals surface area contributed by atoms with Gasteiger partial charge in [0.25, 0.3) is 0 Å². The van der Waals surface area contributed by atoms with Crippen LogP contribution in [-0.4, -0.2) is 36.0 Å². The molecule has 0 aliphatic heterocycles. The van der Waals surface area contributed by atoms with E-state index in [2.05, 4.69) is 24.2 Å². The van der Waals surface area contributed by atoms with E-state index in [0.29, 0.717) is 12.8 Å². The predicted molar refractivity (Wildman–Crippen MR) is 99.6 cm³/mol. The standard InChI is InChI=1S/C19H26N2O2S/c1-4-12-21(13-5-2)18(22)11-8-16-14-24-19(20-16)15-6-9-17(23-3)10-7-15/h6-7,9-10,14H,4-5,8,11-13H2,1-3H3. The quantitative estimate of drug-likeness (QED) is 0.676. The highest BCUT2D eigenvalue weighted by atomic mass is 32.1. The lowest BCUT2D eigenvalue weighted by atomic mass is 10.2. The minimum Gasteiger partial charge on any atom is -0.497 e. The summed E-state index contributed by atoms with van der Waals surface area (Å²) in [5.74, 6) is 1.07. The zero-order valence-corrected chi connectivity index (χ0v) is 15.6. The average Bonchev–Trinajstić information content (AvgIpc) is 3.08. The van der Waals surface area contributed by atoms with E-state index in [1.165, 1.54) is 0 Å². The van der Waals surface area contributed by atoms with Gasteiger partial charge in [-0.3, -0.25) is 4.79 Å². The molecular formula is C19H26N2O2S. The summed E-state index contributed by atoms with van der Waals surface area (Å²) in [6.45, 7) is 5.91. The van der Waals surface area contributed by atoms with Gasteiger partial charge in [0.2, 0.25) is 5.91 Å². The van der Waals surface area contributed by atoms with Crippen LogP contribution >= 0.6 is 11.3 Å². The summed E-state index contributed by atoms with van der Waals surface area (Å²) >= 11 is 1.62. The monoisotopic (exact) mass is 346 g/mol. The molecule has 4 nitrogen and oxygen atoms in total. The maximum Gasteiger partial charge on any atom is 0.222 e. The lowest BCUT2D eigenvalue weighted by Crippen LogP contribution is -2.32. The van der Waals surface area contributed by atoms with Crippen LogP contribution in [0.3, 0.4) is 0 Å². The zero-order valence-electron chi connectivity index (χ0n) is 14.7. The highest BCUT2D eigenvalue weighted by Crippen LogP contribution is 2.26. The van der Waals surface area contributed by atoms with Crippen molar-refractivity contribution in [2.75, 3.05) is 20.2 Å². The van der Waals surface area contributed by atoms with Crippen molar-refractivity contribution < 1.29 is 9.53 Å². The molecule has 0 aliphatic rings. The van der Waals surface area contributed by atoms with E-state index in [1.54, 1.807) is 18.4 Å². The number of amides is 1. The number of methoxy groups -OCH3 is 1. The van der Waals surface area contributed by atoms with Gasteiger partial charge in [-0.25, -0.2) is 4.98 Å². The largest absolute Gasteiger partial charge is 0.497 e. The van der Waals surface area contributed by atoms with Crippen molar-refractivity contribution in [3.63, 3.8) is 0 Å². The fourth-order valence-electron chi connectivity index (χ4n) is 2.58. The summed E-state index contributed by atoms with van der Waals surface area (Å²) in [7, 11) is 1.66. The number of rotatable bonds is 9. The first kappa shape index (κ1) is 18.5. The molecule has 5 heteroatoms. The van der Waals surface area contributed by atoms with E-state index in [0.717, 1.165) is 47.9 Å². The molecule has 0 N–H and O–H groups in total. The highest BCUT2D eigenvalue weighted by molar-refractivity contribution is 7.13. The number of aryl methyl sites for hydroxylation is 1. The third-order valence-electron chi connectivity index (χ3n) is 3.82. The molecule has 2 rings (SSSR count). The smallest absolute Gasteiger partial charge is 0.222 e. The predicted octanol–water partition coefficient (Wildman–Crippen LogP) is 4.40. The lowest BCUT2D eigenvalue weighted by molar-refractivity contribution is -0.131. The molecule has 0 fully saturated rings. The lowest BCUT2D eigenvalue weighted by Gasteiger charge is -2.21. The molecule has 1 aromatic carbocycles. The minimum absolute atomic E-state index is 0.234. The van der Waals surface area contributed by atoms with E-state index in [-0.39, 0.29) is 5.91 Å². The van der Waals surface area contributed by atoms with Crippen molar-refractivity contribution in [1.29, 1.82) is 0 Å². The number of carbonyl (C=O) groups excluding carboxylic acids is 1. The molecule has 1 heterocycles. The molecule has 2 aromatic rings. The van der Waals surface area contributed by atoms with E-state index in [1.807, 2.05) is 29.2 Å². The summed E-state index contributed by atoms with van der Waals surface area (Å²) in [4.78, 5) is 19.0. The third kappa shape index (κ3) is 5.06. The maximum atomic E-state index is 12.3. The molecule has 0 saturated heterocycles. The SMILES string of the molecule is CCCN(CCC)C(=O)CCc1csc(-c2ccc(OC)cc2)n1. The second-order valence-corrected chi connectivity index (χ2v) is 6.61. The molecule has 0 spiro atoms. The first-order chi connectivity index (χ1) is 11.7. The van der Waals surface area contributed by atoms with Crippen LogP contribution in [0, 0.1) is 0 Å². The van der Waals surface area contributed by atoms with Crippen LogP contribution in [0.2, 0.25) is 0 Å². The van der Waals surface area contributed by atoms with Gasteiger partial charge in [-0.15, -0.1) is 11.3 Å². The Morgan fingerprint density at radius 1 is 1.17 bits per heavy atom. The van der Waals surface area contributed by atoms with E-state index in [4.69, 9.17) is 4.74 Å². The first-order valence-corrected chi connectivity index (χ1v) is 9.42. The maximum absolute atomic E-state index is 12.3. The Morgan fingerprint density at radius 3 is 2.42 bits per heavy atom. The number of hydrogen-bond acceptors (Lipinski definition) is 4. The normalized spacial score (nSPS) is 10.6. The Hall–Kier alpha value is -1.88. The van der Waals surface area contributed by atoms with Crippen molar-refractivity contribution >= 4 is 17.2 Å². The van der Waals surface area contributed by atoms with Gasteiger partial charge in [-0.05, 0) is 43.5 Å². The van der Waals surface area contributed by atoms with Gasteiger partial charge in [0.15, 0.2) is 0 Å². The van der Waals surface area contributed by atoms with E-state index < -0.39 is 0 Å². The van der Waals surface area contributed by atoms with Crippen LogP contribution in [0.15, 0.2) is 29.6 Å². The molecule has 0 atom stereocenters. The second-order valence-electron chi connectivity index (χ2n) is 5.75. The molecule has 0 radical (unpaired) electrons. The third-order valence-corrected chi connectivity index (χ3v) is 4.76. The van der Waals surface area contributed by atoms with Crippen molar-refractivity contribution in [3.8, 4) is 16.3 Å². The highest BCUT2D eigenvalue weighted by Gasteiger charge is 2.13. The van der Waals surface area contributed by atoms with Gasteiger partial charge in [-0.2, -0.15) is 0 Å². The van der Waals surface area contributed by atoms with Crippen molar-refractivity contribution in [1.82, 2.24) is 9.88 Å². The fraction of sp³-hybridized carbons (Fsp3) is 0.474. The van der Waals surface area contributed by atoms with E-state index in [9.17, 15) is 4.79 Å². The van der Waals surface area contributed by atoms with Gasteiger partial charge in [0.1, 0.15) is 10.8 Å². The van der Waals surface area contributed by atoms with Crippen LogP contribution in [0.4, 0.5) is 0 Å². The number of carbonyl (C=O) groups is 1. The Bertz CT molecular complexity index is 631. The fourth-order valence-corrected chi connectivity index (χ4v) is 3.44. The molecule has 1 amide bonds. The summed E-state index contributed by atoms with van der Waals surface area (Å²) in [5.41, 5.74) is 2.07. The minimum atomic E-state index is 0.234. The molecular weight excluding hydrogens is 320 g/mol. The van der Waals surface area contributed by atoms with Gasteiger partial charge in [0, 0.05) is 30.5 Å². The second kappa shape index (κ2) is 9.42. The zero-order chi connectivity index (χ0) is 17.4. The Balaban J connectivity index is 1.94. The molecule has 1 aromatic heterocycles. The van der Waals surface area contributed by atoms with Crippen molar-refractivity contribution in [3.05, 3.63) is 35.3 Å². The Kier molecular flexibility index (Phi) is 7.25. The van der Waals surface area contributed by atoms with Crippen LogP contribution in [0.1, 0.15) is 38.8 Å². The molecule has 0 aliphatic carbocycles. The number of thiazole rings is 1. The van der Waals surface area contributed by atoms with Crippen molar-refractivity contribution in [2.24, 2.45) is 0 Å². The molecule has 130 valence electrons. The number of benzene rings is 1. The molecule has 24 heavy (non-hydrogen) atoms. The van der Waals surface area contributed by atoms with Crippen LogP contribution < -0.4 is 4.74 Å². The molecule has 0 bridgehead atoms. The van der Waals surface area contributed by atoms with Gasteiger partial charge < -0.3 is 9.64 Å². The summed E-state index contributed by atoms with van der Waals surface area (Å²) in [6, 6.07) is 7.90. The van der Waals surface area contributed by atoms with Gasteiger partial charge in [-0.1, -0.05) is 13.8 Å². The Labute approximate surface area is 148 Å². The number of nitrogens with zero attached hydrogens (tertiary/aromatic N) is 2. The van der Waals surface area contributed by atoms with Crippen molar-refractivity contribution in [2.45, 2.75) is 39.5 Å². The first-order valence-electron chi connectivity index (χ1n) is 8.54. The molecule has 0 unspecified atom stereocenters. The van der Waals surface area contributed by atoms with Crippen LogP contribution in [0.25, 0.3) is 10.6 Å². The van der Waals surface area contributed by atoms with Gasteiger partial charge in [0.05, 0.1) is 12.8 Å². The number of hydrogen-bond donors (Lipinski definition) is 0. The van der Waals surface area contributed by atoms with Gasteiger partial charge >= 0.3 is 0 Å². The number of aromatic nitrogens is 1. The summed E-state index contributed by atoms with van der Waals surface area (Å²) in [5, 5.41) is 3.04. The van der Waals surface area contributed by atoms with E-state index >= 15 is 0 Å². The summed E-state index contributed by atoms with van der Waals surface area (Å²) in [6.07, 6.45) is 3.25. The average molecular weight is 346 g/mol. The van der Waals surface area contributed by atoms with Crippen LogP contribution in [0.5, 0.6) is 5.75 Å². The number of ether oxygens (including phenoxy) is 1. The Morgan fingerprint density at radius 2 is 1.83 bits per heavy atom. The topological polar surface area (TPSA) is 42.4 Å².